The standard InChI is InChI=1S/C15H21FN2O.ClH/c16-13-5-7-14(8-6-13)17-15(19)9-12-18-10-3-1-2-4-11-18;/h5-8H,1-4,9-12H2,(H,17,19);1H. The van der Waals surface area contributed by atoms with Crippen LogP contribution in [0.15, 0.2) is 24.3 Å². The minimum absolute atomic E-state index is 0. The molecular formula is C15H22ClFN2O. The van der Waals surface area contributed by atoms with Gasteiger partial charge in [0, 0.05) is 18.7 Å². The Kier molecular flexibility index (Phi) is 7.55. The minimum atomic E-state index is -0.289. The van der Waals surface area contributed by atoms with Crippen LogP contribution in [0.2, 0.25) is 0 Å². The molecule has 0 aromatic heterocycles. The number of anilines is 1. The highest BCUT2D eigenvalue weighted by molar-refractivity contribution is 5.90. The Balaban J connectivity index is 0.00000200. The number of nitrogens with zero attached hydrogens (tertiary/aromatic N) is 1. The van der Waals surface area contributed by atoms with E-state index in [9.17, 15) is 9.18 Å². The van der Waals surface area contributed by atoms with E-state index in [1.54, 1.807) is 12.1 Å². The zero-order valence-electron chi connectivity index (χ0n) is 11.6. The molecule has 1 aliphatic heterocycles. The van der Waals surface area contributed by atoms with Gasteiger partial charge in [0.05, 0.1) is 0 Å². The van der Waals surface area contributed by atoms with Gasteiger partial charge in [0.15, 0.2) is 0 Å². The Hall–Kier alpha value is -1.13. The molecule has 0 saturated carbocycles. The molecule has 1 aromatic rings. The van der Waals surface area contributed by atoms with Crippen molar-refractivity contribution in [1.82, 2.24) is 4.90 Å². The van der Waals surface area contributed by atoms with Gasteiger partial charge in [0.2, 0.25) is 5.91 Å². The van der Waals surface area contributed by atoms with Gasteiger partial charge in [0.25, 0.3) is 0 Å². The molecule has 5 heteroatoms. The Bertz CT molecular complexity index is 403. The first-order valence-corrected chi connectivity index (χ1v) is 7.02. The Morgan fingerprint density at radius 1 is 1.10 bits per heavy atom. The second-order valence-corrected chi connectivity index (χ2v) is 5.06. The number of halogens is 2. The van der Waals surface area contributed by atoms with Gasteiger partial charge in [-0.05, 0) is 50.2 Å². The van der Waals surface area contributed by atoms with Crippen molar-refractivity contribution in [3.8, 4) is 0 Å². The van der Waals surface area contributed by atoms with E-state index in [1.807, 2.05) is 0 Å². The van der Waals surface area contributed by atoms with Gasteiger partial charge in [-0.2, -0.15) is 0 Å². The van der Waals surface area contributed by atoms with Gasteiger partial charge < -0.3 is 10.2 Å². The van der Waals surface area contributed by atoms with Crippen LogP contribution < -0.4 is 5.32 Å². The van der Waals surface area contributed by atoms with Crippen LogP contribution in [0.1, 0.15) is 32.1 Å². The zero-order chi connectivity index (χ0) is 13.5. The van der Waals surface area contributed by atoms with Crippen LogP contribution in [0, 0.1) is 5.82 Å². The SMILES string of the molecule is Cl.O=C(CCN1CCCCCC1)Nc1ccc(F)cc1. The van der Waals surface area contributed by atoms with Crippen LogP contribution in [0.3, 0.4) is 0 Å². The van der Waals surface area contributed by atoms with E-state index in [0.29, 0.717) is 12.1 Å². The molecule has 1 fully saturated rings. The summed E-state index contributed by atoms with van der Waals surface area (Å²) >= 11 is 0. The average molecular weight is 301 g/mol. The van der Waals surface area contributed by atoms with E-state index in [4.69, 9.17) is 0 Å². The lowest BCUT2D eigenvalue weighted by Crippen LogP contribution is -2.28. The van der Waals surface area contributed by atoms with Gasteiger partial charge in [-0.1, -0.05) is 12.8 Å². The van der Waals surface area contributed by atoms with Crippen LogP contribution in [0.4, 0.5) is 10.1 Å². The summed E-state index contributed by atoms with van der Waals surface area (Å²) in [6.45, 7) is 3.01. The van der Waals surface area contributed by atoms with E-state index < -0.39 is 0 Å². The molecule has 0 radical (unpaired) electrons. The predicted molar refractivity (Wildman–Crippen MR) is 81.8 cm³/mol. The molecule has 1 heterocycles. The van der Waals surface area contributed by atoms with Crippen molar-refractivity contribution in [2.75, 3.05) is 25.0 Å². The fourth-order valence-electron chi connectivity index (χ4n) is 2.38. The molecule has 0 atom stereocenters. The third-order valence-electron chi connectivity index (χ3n) is 3.48. The smallest absolute Gasteiger partial charge is 0.225 e. The second kappa shape index (κ2) is 8.93. The average Bonchev–Trinajstić information content (AvgIpc) is 2.68. The Morgan fingerprint density at radius 3 is 2.30 bits per heavy atom. The number of carbonyl (C=O) groups is 1. The van der Waals surface area contributed by atoms with Crippen molar-refractivity contribution < 1.29 is 9.18 Å². The highest BCUT2D eigenvalue weighted by atomic mass is 35.5. The molecule has 1 saturated heterocycles. The van der Waals surface area contributed by atoms with E-state index >= 15 is 0 Å². The number of benzene rings is 1. The fraction of sp³-hybridized carbons (Fsp3) is 0.533. The number of nitrogens with one attached hydrogen (secondary N) is 1. The lowest BCUT2D eigenvalue weighted by atomic mass is 10.2. The lowest BCUT2D eigenvalue weighted by molar-refractivity contribution is -0.116. The summed E-state index contributed by atoms with van der Waals surface area (Å²) in [5.41, 5.74) is 0.655. The monoisotopic (exact) mass is 300 g/mol. The Morgan fingerprint density at radius 2 is 1.70 bits per heavy atom. The molecule has 0 aliphatic carbocycles. The molecule has 1 aliphatic rings. The first-order valence-electron chi connectivity index (χ1n) is 7.02. The predicted octanol–water partition coefficient (Wildman–Crippen LogP) is 3.45. The lowest BCUT2D eigenvalue weighted by Gasteiger charge is -2.19. The summed E-state index contributed by atoms with van der Waals surface area (Å²) in [5, 5.41) is 2.79. The van der Waals surface area contributed by atoms with Crippen LogP contribution in [-0.2, 0) is 4.79 Å². The highest BCUT2D eigenvalue weighted by Crippen LogP contribution is 2.11. The molecule has 3 nitrogen and oxygen atoms in total. The van der Waals surface area contributed by atoms with Crippen molar-refractivity contribution in [2.45, 2.75) is 32.1 Å². The summed E-state index contributed by atoms with van der Waals surface area (Å²) in [5.74, 6) is -0.293. The van der Waals surface area contributed by atoms with Crippen molar-refractivity contribution in [1.29, 1.82) is 0 Å². The number of hydrogen-bond acceptors (Lipinski definition) is 2. The number of rotatable bonds is 4. The van der Waals surface area contributed by atoms with Crippen molar-refractivity contribution in [2.24, 2.45) is 0 Å². The molecule has 1 N–H and O–H groups in total. The van der Waals surface area contributed by atoms with E-state index in [-0.39, 0.29) is 24.1 Å². The molecular weight excluding hydrogens is 279 g/mol. The van der Waals surface area contributed by atoms with Gasteiger partial charge in [-0.3, -0.25) is 4.79 Å². The van der Waals surface area contributed by atoms with Crippen LogP contribution in [0.25, 0.3) is 0 Å². The zero-order valence-corrected chi connectivity index (χ0v) is 12.4. The molecule has 1 amide bonds. The molecule has 0 spiro atoms. The largest absolute Gasteiger partial charge is 0.326 e. The topological polar surface area (TPSA) is 32.3 Å². The second-order valence-electron chi connectivity index (χ2n) is 5.06. The van der Waals surface area contributed by atoms with Gasteiger partial charge in [-0.15, -0.1) is 12.4 Å². The third-order valence-corrected chi connectivity index (χ3v) is 3.48. The van der Waals surface area contributed by atoms with Crippen molar-refractivity contribution in [3.63, 3.8) is 0 Å². The van der Waals surface area contributed by atoms with Crippen molar-refractivity contribution in [3.05, 3.63) is 30.1 Å². The van der Waals surface area contributed by atoms with E-state index in [0.717, 1.165) is 19.6 Å². The molecule has 1 aromatic carbocycles. The first kappa shape index (κ1) is 16.9. The normalized spacial score (nSPS) is 16.1. The van der Waals surface area contributed by atoms with Crippen LogP contribution >= 0.6 is 12.4 Å². The van der Waals surface area contributed by atoms with Gasteiger partial charge >= 0.3 is 0 Å². The number of carbonyl (C=O) groups excluding carboxylic acids is 1. The molecule has 0 bridgehead atoms. The maximum absolute atomic E-state index is 12.7. The number of hydrogen-bond donors (Lipinski definition) is 1. The summed E-state index contributed by atoms with van der Waals surface area (Å²) < 4.78 is 12.7. The summed E-state index contributed by atoms with van der Waals surface area (Å²) in [4.78, 5) is 14.2. The summed E-state index contributed by atoms with van der Waals surface area (Å²) in [7, 11) is 0. The molecule has 2 rings (SSSR count). The third kappa shape index (κ3) is 5.88. The number of amides is 1. The highest BCUT2D eigenvalue weighted by Gasteiger charge is 2.10. The fourth-order valence-corrected chi connectivity index (χ4v) is 2.38. The summed E-state index contributed by atoms with van der Waals surface area (Å²) in [6.07, 6.45) is 5.58. The summed E-state index contributed by atoms with van der Waals surface area (Å²) in [6, 6.07) is 5.87. The van der Waals surface area contributed by atoms with Crippen LogP contribution in [0.5, 0.6) is 0 Å². The van der Waals surface area contributed by atoms with Crippen molar-refractivity contribution >= 4 is 24.0 Å². The molecule has 0 unspecified atom stereocenters. The van der Waals surface area contributed by atoms with Crippen LogP contribution in [-0.4, -0.2) is 30.4 Å². The number of likely N-dealkylation sites (tertiary alicyclic amines) is 1. The molecule has 112 valence electrons. The maximum atomic E-state index is 12.7. The van der Waals surface area contributed by atoms with E-state index in [2.05, 4.69) is 10.2 Å². The maximum Gasteiger partial charge on any atom is 0.225 e. The first-order chi connectivity index (χ1) is 9.24. The van der Waals surface area contributed by atoms with E-state index in [1.165, 1.54) is 37.8 Å². The van der Waals surface area contributed by atoms with Gasteiger partial charge in [0.1, 0.15) is 5.82 Å². The Labute approximate surface area is 125 Å². The molecule has 20 heavy (non-hydrogen) atoms. The van der Waals surface area contributed by atoms with Gasteiger partial charge in [-0.25, -0.2) is 4.39 Å². The minimum Gasteiger partial charge on any atom is -0.326 e. The quantitative estimate of drug-likeness (QED) is 0.923.